The van der Waals surface area contributed by atoms with Crippen LogP contribution < -0.4 is 4.74 Å². The molecule has 0 aromatic heterocycles. The van der Waals surface area contributed by atoms with E-state index in [-0.39, 0.29) is 18.7 Å². The molecule has 0 atom stereocenters. The van der Waals surface area contributed by atoms with E-state index < -0.39 is 31.2 Å². The molecule has 1 N–H and O–H groups in total. The summed E-state index contributed by atoms with van der Waals surface area (Å²) in [6.45, 7) is 0.0448. The Kier molecular flexibility index (Phi) is 6.21. The summed E-state index contributed by atoms with van der Waals surface area (Å²) in [4.78, 5) is 23.7. The minimum absolute atomic E-state index is 0.00362. The Morgan fingerprint density at radius 3 is 2.55 bits per heavy atom. The molecule has 0 spiro atoms. The first-order valence-electron chi connectivity index (χ1n) is 6.49. The lowest BCUT2D eigenvalue weighted by molar-refractivity contribution is -0.153. The summed E-state index contributed by atoms with van der Waals surface area (Å²) in [5.74, 6) is -1.54. The van der Waals surface area contributed by atoms with E-state index in [1.165, 1.54) is 18.2 Å². The molecule has 0 fully saturated rings. The maximum absolute atomic E-state index is 12.1. The summed E-state index contributed by atoms with van der Waals surface area (Å²) in [5.41, 5.74) is 0.452. The standard InChI is InChI=1S/C14H16F3NO4/c1-2-18(8-13(20)21)12(19)7-10-4-3-5-11(6-10)22-9-14(15,16)17/h3-6H,2,7-9H2,1H3,(H,20,21). The van der Waals surface area contributed by atoms with Crippen molar-refractivity contribution in [2.24, 2.45) is 0 Å². The number of nitrogens with zero attached hydrogens (tertiary/aromatic N) is 1. The van der Waals surface area contributed by atoms with E-state index in [4.69, 9.17) is 5.11 Å². The van der Waals surface area contributed by atoms with Gasteiger partial charge in [-0.3, -0.25) is 9.59 Å². The number of ether oxygens (including phenoxy) is 1. The fourth-order valence-corrected chi connectivity index (χ4v) is 1.74. The normalized spacial score (nSPS) is 11.1. The number of benzene rings is 1. The maximum Gasteiger partial charge on any atom is 0.422 e. The molecule has 1 amide bonds. The number of hydrogen-bond acceptors (Lipinski definition) is 3. The van der Waals surface area contributed by atoms with Crippen LogP contribution in [0.25, 0.3) is 0 Å². The van der Waals surface area contributed by atoms with E-state index in [1.807, 2.05) is 0 Å². The molecule has 1 rings (SSSR count). The highest BCUT2D eigenvalue weighted by Gasteiger charge is 2.28. The first-order chi connectivity index (χ1) is 10.2. The van der Waals surface area contributed by atoms with Gasteiger partial charge in [0.05, 0.1) is 6.42 Å². The summed E-state index contributed by atoms with van der Waals surface area (Å²) in [5, 5.41) is 8.70. The van der Waals surface area contributed by atoms with Crippen LogP contribution >= 0.6 is 0 Å². The van der Waals surface area contributed by atoms with Crippen LogP contribution in [0, 0.1) is 0 Å². The van der Waals surface area contributed by atoms with Crippen LogP contribution in [0.3, 0.4) is 0 Å². The van der Waals surface area contributed by atoms with E-state index in [0.717, 1.165) is 4.90 Å². The summed E-state index contributed by atoms with van der Waals surface area (Å²) in [7, 11) is 0. The average molecular weight is 319 g/mol. The SMILES string of the molecule is CCN(CC(=O)O)C(=O)Cc1cccc(OCC(F)(F)F)c1. The number of hydrogen-bond donors (Lipinski definition) is 1. The molecular formula is C14H16F3NO4. The van der Waals surface area contributed by atoms with Crippen LogP contribution in [0.4, 0.5) is 13.2 Å². The van der Waals surface area contributed by atoms with Crippen molar-refractivity contribution in [3.05, 3.63) is 29.8 Å². The zero-order chi connectivity index (χ0) is 16.8. The van der Waals surface area contributed by atoms with Crippen molar-refractivity contribution < 1.29 is 32.6 Å². The second-order valence-corrected chi connectivity index (χ2v) is 4.53. The van der Waals surface area contributed by atoms with E-state index in [9.17, 15) is 22.8 Å². The van der Waals surface area contributed by atoms with Crippen LogP contribution in [0.5, 0.6) is 5.75 Å². The molecule has 0 aliphatic rings. The Hall–Kier alpha value is -2.25. The highest BCUT2D eigenvalue weighted by atomic mass is 19.4. The topological polar surface area (TPSA) is 66.8 Å². The molecule has 0 saturated heterocycles. The number of carbonyl (C=O) groups is 2. The predicted octanol–water partition coefficient (Wildman–Crippen LogP) is 2.10. The Morgan fingerprint density at radius 2 is 2.00 bits per heavy atom. The molecule has 0 saturated carbocycles. The number of aliphatic carboxylic acids is 1. The molecule has 0 heterocycles. The first kappa shape index (κ1) is 17.8. The third-order valence-corrected chi connectivity index (χ3v) is 2.72. The van der Waals surface area contributed by atoms with Crippen molar-refractivity contribution in [3.63, 3.8) is 0 Å². The first-order valence-corrected chi connectivity index (χ1v) is 6.49. The highest BCUT2D eigenvalue weighted by Crippen LogP contribution is 2.19. The van der Waals surface area contributed by atoms with Crippen LogP contribution in [-0.2, 0) is 16.0 Å². The summed E-state index contributed by atoms with van der Waals surface area (Å²) < 4.78 is 40.9. The molecule has 0 aliphatic heterocycles. The molecule has 0 aliphatic carbocycles. The lowest BCUT2D eigenvalue weighted by Gasteiger charge is -2.18. The highest BCUT2D eigenvalue weighted by molar-refractivity contribution is 5.83. The van der Waals surface area contributed by atoms with Gasteiger partial charge in [0.1, 0.15) is 12.3 Å². The number of carboxylic acid groups (broad SMARTS) is 1. The van der Waals surface area contributed by atoms with Crippen molar-refractivity contribution in [1.29, 1.82) is 0 Å². The average Bonchev–Trinajstić information content (AvgIpc) is 2.42. The van der Waals surface area contributed by atoms with Gasteiger partial charge in [-0.15, -0.1) is 0 Å². The van der Waals surface area contributed by atoms with Gasteiger partial charge in [0.25, 0.3) is 0 Å². The lowest BCUT2D eigenvalue weighted by Crippen LogP contribution is -2.36. The third-order valence-electron chi connectivity index (χ3n) is 2.72. The van der Waals surface area contributed by atoms with Gasteiger partial charge in [-0.2, -0.15) is 13.2 Å². The van der Waals surface area contributed by atoms with Gasteiger partial charge in [-0.25, -0.2) is 0 Å². The van der Waals surface area contributed by atoms with Crippen molar-refractivity contribution in [2.75, 3.05) is 19.7 Å². The van der Waals surface area contributed by atoms with Crippen LogP contribution in [-0.4, -0.2) is 47.8 Å². The second kappa shape index (κ2) is 7.67. The smallest absolute Gasteiger partial charge is 0.422 e. The Labute approximate surface area is 125 Å². The largest absolute Gasteiger partial charge is 0.484 e. The number of rotatable bonds is 7. The number of carboxylic acids is 1. The van der Waals surface area contributed by atoms with Crippen molar-refractivity contribution in [2.45, 2.75) is 19.5 Å². The van der Waals surface area contributed by atoms with Gasteiger partial charge < -0.3 is 14.7 Å². The van der Waals surface area contributed by atoms with Gasteiger partial charge >= 0.3 is 12.1 Å². The Bertz CT molecular complexity index is 531. The molecule has 22 heavy (non-hydrogen) atoms. The number of likely N-dealkylation sites (N-methyl/N-ethyl adjacent to an activating group) is 1. The second-order valence-electron chi connectivity index (χ2n) is 4.53. The molecule has 0 radical (unpaired) electrons. The number of amides is 1. The Balaban J connectivity index is 2.69. The summed E-state index contributed by atoms with van der Waals surface area (Å²) in [6, 6.07) is 5.72. The summed E-state index contributed by atoms with van der Waals surface area (Å²) >= 11 is 0. The van der Waals surface area contributed by atoms with E-state index in [2.05, 4.69) is 4.74 Å². The lowest BCUT2D eigenvalue weighted by atomic mass is 10.1. The van der Waals surface area contributed by atoms with Gasteiger partial charge in [0.2, 0.25) is 5.91 Å². The Morgan fingerprint density at radius 1 is 1.32 bits per heavy atom. The predicted molar refractivity (Wildman–Crippen MR) is 71.6 cm³/mol. The molecule has 1 aromatic rings. The van der Waals surface area contributed by atoms with Crippen LogP contribution in [0.1, 0.15) is 12.5 Å². The zero-order valence-electron chi connectivity index (χ0n) is 11.9. The fraction of sp³-hybridized carbons (Fsp3) is 0.429. The number of halogens is 3. The van der Waals surface area contributed by atoms with Gasteiger partial charge in [0.15, 0.2) is 6.61 Å². The molecule has 0 unspecified atom stereocenters. The molecule has 5 nitrogen and oxygen atoms in total. The van der Waals surface area contributed by atoms with E-state index in [0.29, 0.717) is 5.56 Å². The van der Waals surface area contributed by atoms with Gasteiger partial charge in [-0.05, 0) is 24.6 Å². The number of carbonyl (C=O) groups excluding carboxylic acids is 1. The summed E-state index contributed by atoms with van der Waals surface area (Å²) in [6.07, 6.45) is -4.54. The van der Waals surface area contributed by atoms with Crippen molar-refractivity contribution in [3.8, 4) is 5.75 Å². The van der Waals surface area contributed by atoms with Crippen molar-refractivity contribution in [1.82, 2.24) is 4.90 Å². The monoisotopic (exact) mass is 319 g/mol. The zero-order valence-corrected chi connectivity index (χ0v) is 11.9. The maximum atomic E-state index is 12.1. The van der Waals surface area contributed by atoms with Crippen LogP contribution in [0.2, 0.25) is 0 Å². The molecule has 0 bridgehead atoms. The molecule has 122 valence electrons. The molecule has 1 aromatic carbocycles. The minimum Gasteiger partial charge on any atom is -0.484 e. The third kappa shape index (κ3) is 6.47. The van der Waals surface area contributed by atoms with E-state index in [1.54, 1.807) is 13.0 Å². The van der Waals surface area contributed by atoms with E-state index >= 15 is 0 Å². The molecule has 8 heteroatoms. The van der Waals surface area contributed by atoms with Gasteiger partial charge in [-0.1, -0.05) is 12.1 Å². The van der Waals surface area contributed by atoms with Gasteiger partial charge in [0, 0.05) is 6.54 Å². The van der Waals surface area contributed by atoms with Crippen LogP contribution in [0.15, 0.2) is 24.3 Å². The minimum atomic E-state index is -4.44. The quantitative estimate of drug-likeness (QED) is 0.836. The number of alkyl halides is 3. The fourth-order valence-electron chi connectivity index (χ4n) is 1.74. The van der Waals surface area contributed by atoms with Crippen molar-refractivity contribution >= 4 is 11.9 Å². The molecular weight excluding hydrogens is 303 g/mol.